The monoisotopic (exact) mass is 211 g/mol. The molecule has 3 nitrogen and oxygen atoms in total. The molecule has 1 amide bonds. The average Bonchev–Trinajstić information content (AvgIpc) is 2.09. The third-order valence-electron chi connectivity index (χ3n) is 2.97. The van der Waals surface area contributed by atoms with E-state index in [1.54, 1.807) is 0 Å². The zero-order valence-electron chi connectivity index (χ0n) is 10.0. The van der Waals surface area contributed by atoms with Gasteiger partial charge in [0.25, 0.3) is 0 Å². The molecule has 3 heteroatoms. The molecule has 0 aromatic rings. The van der Waals surface area contributed by atoms with Crippen molar-refractivity contribution in [1.82, 2.24) is 5.32 Å². The zero-order valence-corrected chi connectivity index (χ0v) is 10.0. The van der Waals surface area contributed by atoms with Crippen molar-refractivity contribution in [3.63, 3.8) is 0 Å². The minimum Gasteiger partial charge on any atom is -0.346 e. The first-order valence-corrected chi connectivity index (χ1v) is 5.75. The van der Waals surface area contributed by atoms with Gasteiger partial charge in [0, 0.05) is 12.3 Å². The van der Waals surface area contributed by atoms with E-state index in [1.165, 1.54) is 0 Å². The van der Waals surface area contributed by atoms with E-state index in [0.29, 0.717) is 12.3 Å². The molecule has 0 unspecified atom stereocenters. The summed E-state index contributed by atoms with van der Waals surface area (Å²) >= 11 is 0. The standard InChI is InChI=1S/C12H21NO2/c1-7(2)5-10-11(14)6-9(8(3)4)12(15)13-10/h7-10H,5-6H2,1-4H3,(H,13,15)/t9-,10-/m0/s1. The Balaban J connectivity index is 2.63. The molecule has 0 bridgehead atoms. The van der Waals surface area contributed by atoms with Crippen LogP contribution in [0.25, 0.3) is 0 Å². The Labute approximate surface area is 91.6 Å². The number of nitrogens with one attached hydrogen (secondary N) is 1. The number of carbonyl (C=O) groups is 2. The van der Waals surface area contributed by atoms with Gasteiger partial charge in [-0.05, 0) is 18.3 Å². The van der Waals surface area contributed by atoms with Gasteiger partial charge in [-0.25, -0.2) is 0 Å². The summed E-state index contributed by atoms with van der Waals surface area (Å²) < 4.78 is 0. The number of amides is 1. The number of hydrogen-bond acceptors (Lipinski definition) is 2. The molecule has 1 N–H and O–H groups in total. The summed E-state index contributed by atoms with van der Waals surface area (Å²) in [5.74, 6) is 0.807. The number of piperidine rings is 1. The van der Waals surface area contributed by atoms with Crippen molar-refractivity contribution in [2.24, 2.45) is 17.8 Å². The van der Waals surface area contributed by atoms with Crippen molar-refractivity contribution in [2.45, 2.75) is 46.6 Å². The van der Waals surface area contributed by atoms with E-state index in [-0.39, 0.29) is 29.6 Å². The van der Waals surface area contributed by atoms with E-state index in [9.17, 15) is 9.59 Å². The smallest absolute Gasteiger partial charge is 0.224 e. The Kier molecular flexibility index (Phi) is 3.89. The van der Waals surface area contributed by atoms with Gasteiger partial charge >= 0.3 is 0 Å². The number of hydrogen-bond donors (Lipinski definition) is 1. The Bertz CT molecular complexity index is 258. The highest BCUT2D eigenvalue weighted by Crippen LogP contribution is 2.23. The predicted octanol–water partition coefficient (Wildman–Crippen LogP) is 1.76. The third-order valence-corrected chi connectivity index (χ3v) is 2.97. The van der Waals surface area contributed by atoms with Gasteiger partial charge < -0.3 is 5.32 Å². The molecule has 1 rings (SSSR count). The normalized spacial score (nSPS) is 27.3. The lowest BCUT2D eigenvalue weighted by molar-refractivity contribution is -0.138. The Hall–Kier alpha value is -0.860. The van der Waals surface area contributed by atoms with Crippen molar-refractivity contribution in [2.75, 3.05) is 0 Å². The molecule has 1 fully saturated rings. The Morgan fingerprint density at radius 2 is 1.87 bits per heavy atom. The maximum absolute atomic E-state index is 11.8. The van der Waals surface area contributed by atoms with Gasteiger partial charge in [0.15, 0.2) is 5.78 Å². The van der Waals surface area contributed by atoms with Crippen LogP contribution in [0.1, 0.15) is 40.5 Å². The molecule has 1 saturated heterocycles. The zero-order chi connectivity index (χ0) is 11.6. The molecular weight excluding hydrogens is 190 g/mol. The maximum Gasteiger partial charge on any atom is 0.224 e. The van der Waals surface area contributed by atoms with Gasteiger partial charge in [-0.3, -0.25) is 9.59 Å². The van der Waals surface area contributed by atoms with Crippen LogP contribution in [0.4, 0.5) is 0 Å². The number of rotatable bonds is 3. The first-order chi connectivity index (χ1) is 6.91. The summed E-state index contributed by atoms with van der Waals surface area (Å²) in [6.45, 7) is 8.10. The topological polar surface area (TPSA) is 46.2 Å². The lowest BCUT2D eigenvalue weighted by Gasteiger charge is -2.30. The summed E-state index contributed by atoms with van der Waals surface area (Å²) in [6, 6.07) is -0.243. The van der Waals surface area contributed by atoms with Crippen LogP contribution >= 0.6 is 0 Å². The number of carbonyl (C=O) groups excluding carboxylic acids is 2. The minimum absolute atomic E-state index is 0.0512. The first-order valence-electron chi connectivity index (χ1n) is 5.75. The second-order valence-corrected chi connectivity index (χ2v) is 5.21. The molecule has 1 aliphatic heterocycles. The van der Waals surface area contributed by atoms with Crippen LogP contribution in [-0.4, -0.2) is 17.7 Å². The molecule has 1 heterocycles. The molecule has 1 aliphatic rings. The van der Waals surface area contributed by atoms with Crippen molar-refractivity contribution < 1.29 is 9.59 Å². The second-order valence-electron chi connectivity index (χ2n) is 5.21. The molecule has 0 spiro atoms. The largest absolute Gasteiger partial charge is 0.346 e. The highest BCUT2D eigenvalue weighted by Gasteiger charge is 2.35. The number of ketones is 1. The van der Waals surface area contributed by atoms with Crippen molar-refractivity contribution in [3.05, 3.63) is 0 Å². The summed E-state index contributed by atoms with van der Waals surface area (Å²) in [6.07, 6.45) is 1.18. The van der Waals surface area contributed by atoms with Crippen LogP contribution in [0.15, 0.2) is 0 Å². The van der Waals surface area contributed by atoms with Gasteiger partial charge in [0.1, 0.15) is 0 Å². The highest BCUT2D eigenvalue weighted by molar-refractivity contribution is 5.96. The molecule has 0 aliphatic carbocycles. The van der Waals surface area contributed by atoms with E-state index in [1.807, 2.05) is 13.8 Å². The summed E-state index contributed by atoms with van der Waals surface area (Å²) in [7, 11) is 0. The fourth-order valence-electron chi connectivity index (χ4n) is 2.01. The fourth-order valence-corrected chi connectivity index (χ4v) is 2.01. The molecule has 15 heavy (non-hydrogen) atoms. The van der Waals surface area contributed by atoms with Crippen molar-refractivity contribution in [3.8, 4) is 0 Å². The van der Waals surface area contributed by atoms with Gasteiger partial charge in [0.05, 0.1) is 6.04 Å². The minimum atomic E-state index is -0.243. The summed E-state index contributed by atoms with van der Waals surface area (Å²) in [5, 5.41) is 2.84. The van der Waals surface area contributed by atoms with E-state index >= 15 is 0 Å². The second kappa shape index (κ2) is 4.77. The Morgan fingerprint density at radius 3 is 2.33 bits per heavy atom. The maximum atomic E-state index is 11.8. The number of Topliss-reactive ketones (excluding diaryl/α,β-unsaturated/α-hetero) is 1. The molecular formula is C12H21NO2. The summed E-state index contributed by atoms with van der Waals surface area (Å²) in [5.41, 5.74) is 0. The molecule has 86 valence electrons. The van der Waals surface area contributed by atoms with Gasteiger partial charge in [0.2, 0.25) is 5.91 Å². The predicted molar refractivity (Wildman–Crippen MR) is 59.3 cm³/mol. The Morgan fingerprint density at radius 1 is 1.27 bits per heavy atom. The molecule has 2 atom stereocenters. The average molecular weight is 211 g/mol. The van der Waals surface area contributed by atoms with Crippen LogP contribution in [0.3, 0.4) is 0 Å². The van der Waals surface area contributed by atoms with Gasteiger partial charge in [-0.1, -0.05) is 27.7 Å². The van der Waals surface area contributed by atoms with Crippen LogP contribution in [0, 0.1) is 17.8 Å². The SMILES string of the molecule is CC(C)C[C@@H]1NC(=O)[C@H](C(C)C)CC1=O. The third kappa shape index (κ3) is 3.05. The van der Waals surface area contributed by atoms with Crippen molar-refractivity contribution >= 4 is 11.7 Å². The van der Waals surface area contributed by atoms with Crippen LogP contribution in [0.2, 0.25) is 0 Å². The molecule has 0 saturated carbocycles. The molecule has 0 aromatic carbocycles. The van der Waals surface area contributed by atoms with E-state index < -0.39 is 0 Å². The summed E-state index contributed by atoms with van der Waals surface area (Å²) in [4.78, 5) is 23.5. The van der Waals surface area contributed by atoms with Crippen LogP contribution in [-0.2, 0) is 9.59 Å². The van der Waals surface area contributed by atoms with Crippen LogP contribution in [0.5, 0.6) is 0 Å². The van der Waals surface area contributed by atoms with E-state index in [2.05, 4.69) is 19.2 Å². The first kappa shape index (κ1) is 12.2. The van der Waals surface area contributed by atoms with E-state index in [4.69, 9.17) is 0 Å². The van der Waals surface area contributed by atoms with Gasteiger partial charge in [-0.2, -0.15) is 0 Å². The molecule has 0 radical (unpaired) electrons. The quantitative estimate of drug-likeness (QED) is 0.773. The lowest BCUT2D eigenvalue weighted by Crippen LogP contribution is -2.51. The highest BCUT2D eigenvalue weighted by atomic mass is 16.2. The fraction of sp³-hybridized carbons (Fsp3) is 0.833. The van der Waals surface area contributed by atoms with Crippen LogP contribution < -0.4 is 5.32 Å². The van der Waals surface area contributed by atoms with Gasteiger partial charge in [-0.15, -0.1) is 0 Å². The van der Waals surface area contributed by atoms with Crippen molar-refractivity contribution in [1.29, 1.82) is 0 Å². The molecule has 0 aromatic heterocycles. The van der Waals surface area contributed by atoms with E-state index in [0.717, 1.165) is 6.42 Å². The lowest BCUT2D eigenvalue weighted by atomic mass is 9.83.